The molecule has 152 valence electrons. The molecule has 0 radical (unpaired) electrons. The molecule has 0 saturated carbocycles. The number of nitrogens with zero attached hydrogens (tertiary/aromatic N) is 3. The van der Waals surface area contributed by atoms with Crippen LogP contribution in [0.4, 0.5) is 10.1 Å². The molecule has 8 heteroatoms. The third-order valence-electron chi connectivity index (χ3n) is 5.45. The van der Waals surface area contributed by atoms with E-state index in [1.54, 1.807) is 12.1 Å². The zero-order valence-corrected chi connectivity index (χ0v) is 16.8. The molecule has 30 heavy (non-hydrogen) atoms. The second-order valence-corrected chi connectivity index (χ2v) is 7.79. The lowest BCUT2D eigenvalue weighted by Gasteiger charge is -2.10. The van der Waals surface area contributed by atoms with Crippen molar-refractivity contribution in [1.29, 1.82) is 0 Å². The van der Waals surface area contributed by atoms with Crippen LogP contribution >= 0.6 is 11.6 Å². The van der Waals surface area contributed by atoms with E-state index in [1.807, 2.05) is 24.3 Å². The van der Waals surface area contributed by atoms with Crippen molar-refractivity contribution in [1.82, 2.24) is 19.7 Å². The minimum Gasteiger partial charge on any atom is -0.349 e. The highest BCUT2D eigenvalue weighted by molar-refractivity contribution is 6.39. The number of rotatable bonds is 3. The maximum Gasteiger partial charge on any atom is 0.273 e. The molecule has 0 aliphatic carbocycles. The molecule has 1 amide bonds. The molecule has 0 atom stereocenters. The molecular weight excluding hydrogens is 405 g/mol. The van der Waals surface area contributed by atoms with Gasteiger partial charge in [0.15, 0.2) is 5.82 Å². The van der Waals surface area contributed by atoms with Gasteiger partial charge in [0.05, 0.1) is 10.7 Å². The lowest BCUT2D eigenvalue weighted by atomic mass is 10.1. The first-order valence-electron chi connectivity index (χ1n) is 9.91. The third-order valence-corrected chi connectivity index (χ3v) is 5.84. The van der Waals surface area contributed by atoms with Gasteiger partial charge in [0.2, 0.25) is 0 Å². The van der Waals surface area contributed by atoms with Crippen molar-refractivity contribution in [2.45, 2.75) is 32.2 Å². The Hall–Kier alpha value is -3.19. The zero-order valence-electron chi connectivity index (χ0n) is 16.1. The highest BCUT2D eigenvalue weighted by Gasteiger charge is 2.20. The second-order valence-electron chi connectivity index (χ2n) is 7.41. The number of fused-ring (bicyclic) bond motifs is 2. The van der Waals surface area contributed by atoms with Gasteiger partial charge < -0.3 is 14.9 Å². The fourth-order valence-corrected chi connectivity index (χ4v) is 4.21. The summed E-state index contributed by atoms with van der Waals surface area (Å²) in [6, 6.07) is 11.9. The summed E-state index contributed by atoms with van der Waals surface area (Å²) in [6.45, 7) is 0.835. The van der Waals surface area contributed by atoms with Crippen LogP contribution in [-0.4, -0.2) is 25.7 Å². The number of H-pyrrole nitrogens is 1. The van der Waals surface area contributed by atoms with Crippen LogP contribution in [0.3, 0.4) is 0 Å². The van der Waals surface area contributed by atoms with Gasteiger partial charge in [-0.15, -0.1) is 10.2 Å². The van der Waals surface area contributed by atoms with Crippen LogP contribution in [-0.2, 0) is 13.0 Å². The lowest BCUT2D eigenvalue weighted by molar-refractivity contribution is 0.102. The van der Waals surface area contributed by atoms with Crippen molar-refractivity contribution >= 4 is 34.1 Å². The number of para-hydroxylation sites is 1. The molecule has 2 N–H and O–H groups in total. The Morgan fingerprint density at radius 2 is 2.00 bits per heavy atom. The van der Waals surface area contributed by atoms with Gasteiger partial charge in [-0.25, -0.2) is 4.39 Å². The van der Waals surface area contributed by atoms with Crippen molar-refractivity contribution in [2.75, 3.05) is 5.32 Å². The van der Waals surface area contributed by atoms with Gasteiger partial charge in [0, 0.05) is 29.4 Å². The molecule has 3 heterocycles. The molecule has 1 aliphatic heterocycles. The first kappa shape index (κ1) is 18.8. The number of aromatic amines is 1. The fraction of sp³-hybridized carbons (Fsp3) is 0.227. The van der Waals surface area contributed by atoms with Crippen molar-refractivity contribution in [2.24, 2.45) is 0 Å². The van der Waals surface area contributed by atoms with Crippen LogP contribution in [0.25, 0.3) is 22.3 Å². The van der Waals surface area contributed by atoms with Gasteiger partial charge in [-0.05, 0) is 37.1 Å². The monoisotopic (exact) mass is 423 g/mol. The summed E-state index contributed by atoms with van der Waals surface area (Å²) >= 11 is 6.36. The molecule has 2 aromatic carbocycles. The van der Waals surface area contributed by atoms with E-state index in [-0.39, 0.29) is 11.4 Å². The number of anilines is 1. The number of nitrogens with one attached hydrogen (secondary N) is 2. The summed E-state index contributed by atoms with van der Waals surface area (Å²) in [5.74, 6) is 0.593. The normalized spacial score (nSPS) is 13.8. The maximum absolute atomic E-state index is 14.5. The van der Waals surface area contributed by atoms with E-state index in [9.17, 15) is 9.18 Å². The van der Waals surface area contributed by atoms with Crippen LogP contribution in [0.15, 0.2) is 42.5 Å². The largest absolute Gasteiger partial charge is 0.349 e. The molecular formula is C22H19ClFN5O. The van der Waals surface area contributed by atoms with E-state index in [1.165, 1.54) is 6.07 Å². The van der Waals surface area contributed by atoms with Gasteiger partial charge in [0.25, 0.3) is 5.91 Å². The molecule has 0 unspecified atom stereocenters. The predicted molar refractivity (Wildman–Crippen MR) is 114 cm³/mol. The van der Waals surface area contributed by atoms with Crippen LogP contribution < -0.4 is 5.32 Å². The summed E-state index contributed by atoms with van der Waals surface area (Å²) < 4.78 is 16.6. The summed E-state index contributed by atoms with van der Waals surface area (Å²) in [4.78, 5) is 15.8. The van der Waals surface area contributed by atoms with E-state index in [0.717, 1.165) is 49.0 Å². The Morgan fingerprint density at radius 1 is 1.13 bits per heavy atom. The predicted octanol–water partition coefficient (Wildman–Crippen LogP) is 5.20. The molecule has 0 spiro atoms. The second kappa shape index (κ2) is 7.57. The van der Waals surface area contributed by atoms with Crippen LogP contribution in [0.1, 0.15) is 35.6 Å². The van der Waals surface area contributed by atoms with Crippen molar-refractivity contribution in [3.8, 4) is 11.4 Å². The smallest absolute Gasteiger partial charge is 0.273 e. The Morgan fingerprint density at radius 3 is 2.87 bits per heavy atom. The summed E-state index contributed by atoms with van der Waals surface area (Å²) in [7, 11) is 0. The maximum atomic E-state index is 14.5. The van der Waals surface area contributed by atoms with Gasteiger partial charge >= 0.3 is 0 Å². The number of hydrogen-bond donors (Lipinski definition) is 2. The van der Waals surface area contributed by atoms with Crippen LogP contribution in [0.5, 0.6) is 0 Å². The number of benzene rings is 2. The Labute approximate surface area is 177 Å². The first-order chi connectivity index (χ1) is 14.6. The number of hydrogen-bond acceptors (Lipinski definition) is 3. The van der Waals surface area contributed by atoms with Gasteiger partial charge in [-0.3, -0.25) is 4.79 Å². The standard InChI is InChI=1S/C22H19ClFN5O/c23-19-14-6-3-4-7-16(14)25-20(19)22(30)26-17-12-13(9-10-15(17)24)21-28-27-18-8-2-1-5-11-29(18)21/h3-4,6-7,9-10,12,25H,1-2,5,8,11H2,(H,26,30). The summed E-state index contributed by atoms with van der Waals surface area (Å²) in [6.07, 6.45) is 4.19. The number of amides is 1. The van der Waals surface area contributed by atoms with E-state index in [4.69, 9.17) is 11.6 Å². The van der Waals surface area contributed by atoms with Crippen molar-refractivity contribution in [3.05, 3.63) is 64.8 Å². The topological polar surface area (TPSA) is 75.6 Å². The van der Waals surface area contributed by atoms with Crippen LogP contribution in [0, 0.1) is 5.82 Å². The highest BCUT2D eigenvalue weighted by Crippen LogP contribution is 2.30. The number of carbonyl (C=O) groups is 1. The minimum atomic E-state index is -0.532. The van der Waals surface area contributed by atoms with Gasteiger partial charge in [-0.1, -0.05) is 36.2 Å². The Bertz CT molecular complexity index is 1260. The minimum absolute atomic E-state index is 0.0678. The van der Waals surface area contributed by atoms with E-state index in [2.05, 4.69) is 25.1 Å². The lowest BCUT2D eigenvalue weighted by Crippen LogP contribution is -2.14. The average Bonchev–Trinajstić information content (AvgIpc) is 3.22. The molecule has 1 aliphatic rings. The number of carbonyl (C=O) groups excluding carboxylic acids is 1. The third kappa shape index (κ3) is 3.25. The number of aromatic nitrogens is 4. The quantitative estimate of drug-likeness (QED) is 0.475. The molecule has 0 saturated heterocycles. The van der Waals surface area contributed by atoms with E-state index < -0.39 is 11.7 Å². The van der Waals surface area contributed by atoms with Crippen LogP contribution in [0.2, 0.25) is 5.02 Å². The van der Waals surface area contributed by atoms with Gasteiger partial charge in [-0.2, -0.15) is 0 Å². The van der Waals surface area contributed by atoms with Crippen molar-refractivity contribution < 1.29 is 9.18 Å². The van der Waals surface area contributed by atoms with E-state index >= 15 is 0 Å². The average molecular weight is 424 g/mol. The molecule has 0 bridgehead atoms. The molecule has 6 nitrogen and oxygen atoms in total. The summed E-state index contributed by atoms with van der Waals surface area (Å²) in [5.41, 5.74) is 1.71. The summed E-state index contributed by atoms with van der Waals surface area (Å²) in [5, 5.41) is 12.3. The fourth-order valence-electron chi connectivity index (χ4n) is 3.91. The first-order valence-corrected chi connectivity index (χ1v) is 10.3. The highest BCUT2D eigenvalue weighted by atomic mass is 35.5. The molecule has 0 fully saturated rings. The van der Waals surface area contributed by atoms with E-state index in [0.29, 0.717) is 16.4 Å². The number of halogens is 2. The molecule has 5 rings (SSSR count). The Balaban J connectivity index is 1.48. The molecule has 2 aromatic heterocycles. The van der Waals surface area contributed by atoms with Crippen molar-refractivity contribution in [3.63, 3.8) is 0 Å². The molecule has 4 aromatic rings. The van der Waals surface area contributed by atoms with Gasteiger partial charge in [0.1, 0.15) is 17.3 Å². The number of aryl methyl sites for hydroxylation is 1. The Kier molecular flexibility index (Phi) is 4.75. The SMILES string of the molecule is O=C(Nc1cc(-c2nnc3n2CCCCC3)ccc1F)c1[nH]c2ccccc2c1Cl. The zero-order chi connectivity index (χ0) is 20.7.